The maximum atomic E-state index is 13.6. The lowest BCUT2D eigenvalue weighted by Crippen LogP contribution is -2.33. The minimum atomic E-state index is -4.12. The molecule has 0 unspecified atom stereocenters. The molecular formula is C13H13FN2O4S. The van der Waals surface area contributed by atoms with E-state index in [0.29, 0.717) is 0 Å². The predicted molar refractivity (Wildman–Crippen MR) is 73.5 cm³/mol. The molecule has 0 aliphatic carbocycles. The zero-order valence-corrected chi connectivity index (χ0v) is 12.0. The maximum Gasteiger partial charge on any atom is 0.264 e. The molecule has 0 bridgehead atoms. The molecule has 2 rings (SSSR count). The topological polar surface area (TPSA) is 85.4 Å². The van der Waals surface area contributed by atoms with Crippen LogP contribution < -0.4 is 4.72 Å². The molecule has 1 aromatic carbocycles. The second kappa shape index (κ2) is 6.15. The lowest BCUT2D eigenvalue weighted by molar-refractivity contribution is -0.123. The van der Waals surface area contributed by atoms with Gasteiger partial charge in [-0.15, -0.1) is 0 Å². The fraction of sp³-hybridized carbons (Fsp3) is 0.231. The largest absolute Gasteiger partial charge is 0.372 e. The SMILES string of the molecule is CCOCC(=O)NS(=O)(=O)c1ccc(F)c2ncccc12. The number of nitrogens with one attached hydrogen (secondary N) is 1. The Labute approximate surface area is 121 Å². The Kier molecular flexibility index (Phi) is 4.49. The predicted octanol–water partition coefficient (Wildman–Crippen LogP) is 1.22. The normalized spacial score (nSPS) is 11.5. The first-order chi connectivity index (χ1) is 9.95. The summed E-state index contributed by atoms with van der Waals surface area (Å²) in [7, 11) is -4.12. The second-order valence-electron chi connectivity index (χ2n) is 4.11. The third-order valence-corrected chi connectivity index (χ3v) is 4.09. The molecule has 0 atom stereocenters. The van der Waals surface area contributed by atoms with Gasteiger partial charge in [0.2, 0.25) is 0 Å². The fourth-order valence-electron chi connectivity index (χ4n) is 1.78. The lowest BCUT2D eigenvalue weighted by Gasteiger charge is -2.09. The van der Waals surface area contributed by atoms with Crippen LogP contribution in [0, 0.1) is 5.82 Å². The summed E-state index contributed by atoms with van der Waals surface area (Å²) in [4.78, 5) is 15.1. The van der Waals surface area contributed by atoms with Gasteiger partial charge in [-0.1, -0.05) is 0 Å². The van der Waals surface area contributed by atoms with Gasteiger partial charge in [0.25, 0.3) is 15.9 Å². The first kappa shape index (κ1) is 15.3. The first-order valence-corrected chi connectivity index (χ1v) is 7.60. The molecule has 21 heavy (non-hydrogen) atoms. The van der Waals surface area contributed by atoms with Gasteiger partial charge in [0.15, 0.2) is 0 Å². The quantitative estimate of drug-likeness (QED) is 0.897. The highest BCUT2D eigenvalue weighted by molar-refractivity contribution is 7.90. The van der Waals surface area contributed by atoms with E-state index in [-0.39, 0.29) is 29.0 Å². The molecule has 8 heteroatoms. The van der Waals surface area contributed by atoms with E-state index >= 15 is 0 Å². The highest BCUT2D eigenvalue weighted by atomic mass is 32.2. The zero-order chi connectivity index (χ0) is 15.5. The number of hydrogen-bond donors (Lipinski definition) is 1. The van der Waals surface area contributed by atoms with Crippen LogP contribution in [0.4, 0.5) is 4.39 Å². The minimum absolute atomic E-state index is 0.0716. The van der Waals surface area contributed by atoms with Crippen LogP contribution >= 0.6 is 0 Å². The average molecular weight is 312 g/mol. The van der Waals surface area contributed by atoms with Gasteiger partial charge in [0, 0.05) is 18.2 Å². The van der Waals surface area contributed by atoms with Crippen molar-refractivity contribution < 1.29 is 22.3 Å². The van der Waals surface area contributed by atoms with Crippen LogP contribution in [-0.2, 0) is 19.6 Å². The summed E-state index contributed by atoms with van der Waals surface area (Å²) in [5.41, 5.74) is -0.0716. The van der Waals surface area contributed by atoms with E-state index in [1.54, 1.807) is 6.92 Å². The van der Waals surface area contributed by atoms with Gasteiger partial charge in [-0.25, -0.2) is 17.5 Å². The lowest BCUT2D eigenvalue weighted by atomic mass is 10.2. The highest BCUT2D eigenvalue weighted by Gasteiger charge is 2.21. The van der Waals surface area contributed by atoms with Crippen LogP contribution in [0.15, 0.2) is 35.4 Å². The van der Waals surface area contributed by atoms with Crippen molar-refractivity contribution in [2.45, 2.75) is 11.8 Å². The first-order valence-electron chi connectivity index (χ1n) is 6.12. The number of pyridine rings is 1. The van der Waals surface area contributed by atoms with Crippen molar-refractivity contribution in [1.29, 1.82) is 0 Å². The van der Waals surface area contributed by atoms with E-state index in [2.05, 4.69) is 4.98 Å². The van der Waals surface area contributed by atoms with Gasteiger partial charge in [-0.2, -0.15) is 0 Å². The van der Waals surface area contributed by atoms with Gasteiger partial charge in [0.05, 0.1) is 4.90 Å². The van der Waals surface area contributed by atoms with Gasteiger partial charge in [0.1, 0.15) is 17.9 Å². The zero-order valence-electron chi connectivity index (χ0n) is 11.2. The number of nitrogens with zero attached hydrogens (tertiary/aromatic N) is 1. The number of carbonyl (C=O) groups excluding carboxylic acids is 1. The van der Waals surface area contributed by atoms with Crippen molar-refractivity contribution in [3.63, 3.8) is 0 Å². The molecule has 1 aromatic heterocycles. The molecule has 1 amide bonds. The molecule has 6 nitrogen and oxygen atoms in total. The van der Waals surface area contributed by atoms with E-state index in [1.807, 2.05) is 4.72 Å². The Morgan fingerprint density at radius 3 is 2.86 bits per heavy atom. The molecular weight excluding hydrogens is 299 g/mol. The third kappa shape index (κ3) is 3.34. The van der Waals surface area contributed by atoms with Gasteiger partial charge >= 0.3 is 0 Å². The van der Waals surface area contributed by atoms with E-state index in [0.717, 1.165) is 12.1 Å². The molecule has 0 saturated carbocycles. The van der Waals surface area contributed by atoms with Crippen LogP contribution in [0.5, 0.6) is 0 Å². The number of halogens is 1. The number of amides is 1. The monoisotopic (exact) mass is 312 g/mol. The summed E-state index contributed by atoms with van der Waals surface area (Å²) in [5, 5.41) is 0.106. The van der Waals surface area contributed by atoms with Crippen molar-refractivity contribution in [1.82, 2.24) is 9.71 Å². The van der Waals surface area contributed by atoms with E-state index in [4.69, 9.17) is 4.74 Å². The summed E-state index contributed by atoms with van der Waals surface area (Å²) in [6.45, 7) is 1.60. The van der Waals surface area contributed by atoms with Crippen molar-refractivity contribution in [2.24, 2.45) is 0 Å². The molecule has 0 aliphatic heterocycles. The Balaban J connectivity index is 2.41. The van der Waals surface area contributed by atoms with Crippen molar-refractivity contribution >= 4 is 26.8 Å². The Hall–Kier alpha value is -2.06. The van der Waals surface area contributed by atoms with Crippen LogP contribution in [-0.4, -0.2) is 32.5 Å². The third-order valence-electron chi connectivity index (χ3n) is 2.66. The molecule has 0 saturated heterocycles. The van der Waals surface area contributed by atoms with E-state index in [9.17, 15) is 17.6 Å². The van der Waals surface area contributed by atoms with Crippen molar-refractivity contribution in [2.75, 3.05) is 13.2 Å². The number of aromatic nitrogens is 1. The Bertz CT molecular complexity index is 777. The maximum absolute atomic E-state index is 13.6. The molecule has 0 radical (unpaired) electrons. The van der Waals surface area contributed by atoms with E-state index < -0.39 is 21.7 Å². The molecule has 112 valence electrons. The highest BCUT2D eigenvalue weighted by Crippen LogP contribution is 2.23. The average Bonchev–Trinajstić information content (AvgIpc) is 2.45. The molecule has 2 aromatic rings. The number of sulfonamides is 1. The molecule has 0 fully saturated rings. The molecule has 1 N–H and O–H groups in total. The van der Waals surface area contributed by atoms with Crippen LogP contribution in [0.1, 0.15) is 6.92 Å². The fourth-order valence-corrected chi connectivity index (χ4v) is 2.95. The standard InChI is InChI=1S/C13H13FN2O4S/c1-2-20-8-12(17)16-21(18,19)11-6-5-10(14)13-9(11)4-3-7-15-13/h3-7H,2,8H2,1H3,(H,16,17). The summed E-state index contributed by atoms with van der Waals surface area (Å²) in [6.07, 6.45) is 1.36. The van der Waals surface area contributed by atoms with Crippen molar-refractivity contribution in [3.05, 3.63) is 36.3 Å². The number of ether oxygens (including phenoxy) is 1. The molecule has 0 aliphatic rings. The number of carbonyl (C=O) groups is 1. The number of rotatable bonds is 5. The van der Waals surface area contributed by atoms with E-state index in [1.165, 1.54) is 18.3 Å². The van der Waals surface area contributed by atoms with Crippen molar-refractivity contribution in [3.8, 4) is 0 Å². The van der Waals surface area contributed by atoms with Gasteiger partial charge < -0.3 is 4.74 Å². The van der Waals surface area contributed by atoms with Crippen LogP contribution in [0.25, 0.3) is 10.9 Å². The van der Waals surface area contributed by atoms with Gasteiger partial charge in [-0.05, 0) is 31.2 Å². The van der Waals surface area contributed by atoms with Crippen LogP contribution in [0.3, 0.4) is 0 Å². The molecule has 1 heterocycles. The minimum Gasteiger partial charge on any atom is -0.372 e. The van der Waals surface area contributed by atoms with Gasteiger partial charge in [-0.3, -0.25) is 9.78 Å². The smallest absolute Gasteiger partial charge is 0.264 e. The number of hydrogen-bond acceptors (Lipinski definition) is 5. The Morgan fingerprint density at radius 2 is 2.14 bits per heavy atom. The van der Waals surface area contributed by atoms with Crippen LogP contribution in [0.2, 0.25) is 0 Å². The summed E-state index contributed by atoms with van der Waals surface area (Å²) in [5.74, 6) is -1.43. The number of fused-ring (bicyclic) bond motifs is 1. The Morgan fingerprint density at radius 1 is 1.38 bits per heavy atom. The number of benzene rings is 1. The summed E-state index contributed by atoms with van der Waals surface area (Å²) in [6, 6.07) is 5.00. The molecule has 0 spiro atoms. The summed E-state index contributed by atoms with van der Waals surface area (Å²) >= 11 is 0. The second-order valence-corrected chi connectivity index (χ2v) is 5.76. The summed E-state index contributed by atoms with van der Waals surface area (Å²) < 4.78 is 44.7.